The number of hydrogen-bond donors (Lipinski definition) is 5. The number of sulfonamides is 1. The third-order valence-electron chi connectivity index (χ3n) is 3.20. The summed E-state index contributed by atoms with van der Waals surface area (Å²) in [6.07, 6.45) is 0.0226. The number of nitrogens with one attached hydrogen (secondary N) is 3. The summed E-state index contributed by atoms with van der Waals surface area (Å²) in [6, 6.07) is 3.78. The average Bonchev–Trinajstić information content (AvgIpc) is 2.53. The van der Waals surface area contributed by atoms with Gasteiger partial charge in [0.05, 0.1) is 11.8 Å². The maximum absolute atomic E-state index is 12.0. The molecule has 0 spiro atoms. The number of phenols is 1. The quantitative estimate of drug-likeness (QED) is 0.368. The van der Waals surface area contributed by atoms with E-state index in [9.17, 15) is 28.2 Å². The van der Waals surface area contributed by atoms with E-state index >= 15 is 0 Å². The van der Waals surface area contributed by atoms with Gasteiger partial charge < -0.3 is 15.5 Å². The second-order valence-electron chi connectivity index (χ2n) is 5.14. The summed E-state index contributed by atoms with van der Waals surface area (Å²) in [5.41, 5.74) is 2.93. The summed E-state index contributed by atoms with van der Waals surface area (Å²) in [5.74, 6) is -2.00. The van der Waals surface area contributed by atoms with E-state index in [1.54, 1.807) is 12.1 Å². The predicted molar refractivity (Wildman–Crippen MR) is 86.6 cm³/mol. The molecule has 24 heavy (non-hydrogen) atoms. The molecule has 10 heteroatoms. The highest BCUT2D eigenvalue weighted by atomic mass is 32.2. The predicted octanol–water partition coefficient (Wildman–Crippen LogP) is -0.663. The van der Waals surface area contributed by atoms with E-state index in [0.717, 1.165) is 0 Å². The lowest BCUT2D eigenvalue weighted by Gasteiger charge is -2.19. The molecular weight excluding hydrogens is 338 g/mol. The number of aliphatic carboxylic acids is 1. The maximum atomic E-state index is 12.0. The van der Waals surface area contributed by atoms with E-state index in [-0.39, 0.29) is 17.9 Å². The largest absolute Gasteiger partial charge is 0.508 e. The fourth-order valence-corrected chi connectivity index (χ4v) is 2.18. The zero-order chi connectivity index (χ0) is 18.3. The molecule has 1 amide bonds. The molecule has 2 atom stereocenters. The van der Waals surface area contributed by atoms with Crippen molar-refractivity contribution in [2.75, 3.05) is 5.75 Å². The molecule has 0 radical (unpaired) electrons. The molecule has 0 saturated heterocycles. The van der Waals surface area contributed by atoms with Gasteiger partial charge in [-0.2, -0.15) is 4.83 Å². The van der Waals surface area contributed by atoms with Crippen LogP contribution in [0.25, 0.3) is 0 Å². The van der Waals surface area contributed by atoms with Crippen molar-refractivity contribution in [1.29, 1.82) is 0 Å². The van der Waals surface area contributed by atoms with Crippen LogP contribution < -0.4 is 15.6 Å². The van der Waals surface area contributed by atoms with Gasteiger partial charge in [-0.25, -0.2) is 18.6 Å². The summed E-state index contributed by atoms with van der Waals surface area (Å²) in [6.45, 7) is 2.83. The van der Waals surface area contributed by atoms with Crippen LogP contribution in [-0.4, -0.2) is 48.3 Å². The van der Waals surface area contributed by atoms with Crippen LogP contribution >= 0.6 is 0 Å². The number of carboxylic acid groups (broad SMARTS) is 1. The molecule has 0 bridgehead atoms. The Labute approximate surface area is 140 Å². The summed E-state index contributed by atoms with van der Waals surface area (Å²) in [4.78, 5) is 25.3. The third kappa shape index (κ3) is 6.52. The first-order chi connectivity index (χ1) is 11.1. The summed E-state index contributed by atoms with van der Waals surface area (Å²) < 4.78 is 22.6. The van der Waals surface area contributed by atoms with Crippen molar-refractivity contribution in [3.63, 3.8) is 0 Å². The van der Waals surface area contributed by atoms with Crippen LogP contribution in [-0.2, 0) is 26.0 Å². The molecule has 1 aromatic carbocycles. The summed E-state index contributed by atoms with van der Waals surface area (Å²) >= 11 is 0. The standard InChI is InChI=1S/C14H21N3O6S/c1-3-24(22,23)17-16-9(2)13(19)15-12(14(20)21)8-10-4-6-11(18)7-5-10/h4-7,9,12,16-18H,3,8H2,1-2H3,(H,15,19)(H,20,21)/t9?,12-/m0/s1. The fourth-order valence-electron chi connectivity index (χ4n) is 1.68. The van der Waals surface area contributed by atoms with Crippen LogP contribution in [0.4, 0.5) is 0 Å². The molecule has 0 aromatic heterocycles. The van der Waals surface area contributed by atoms with Crippen LogP contribution in [0.1, 0.15) is 19.4 Å². The van der Waals surface area contributed by atoms with Gasteiger partial charge in [0.2, 0.25) is 15.9 Å². The minimum Gasteiger partial charge on any atom is -0.508 e. The second kappa shape index (κ2) is 8.62. The minimum atomic E-state index is -3.53. The molecule has 1 unspecified atom stereocenters. The summed E-state index contributed by atoms with van der Waals surface area (Å²) in [7, 11) is -3.53. The number of carboxylic acids is 1. The normalized spacial score (nSPS) is 13.9. The Bertz CT molecular complexity index is 674. The average molecular weight is 359 g/mol. The van der Waals surface area contributed by atoms with Crippen LogP contribution in [0.5, 0.6) is 5.75 Å². The highest BCUT2D eigenvalue weighted by molar-refractivity contribution is 7.89. The van der Waals surface area contributed by atoms with Gasteiger partial charge in [0.1, 0.15) is 11.8 Å². The van der Waals surface area contributed by atoms with Crippen molar-refractivity contribution in [1.82, 2.24) is 15.6 Å². The van der Waals surface area contributed by atoms with Gasteiger partial charge in [-0.05, 0) is 31.5 Å². The number of phenolic OH excluding ortho intramolecular Hbond substituents is 1. The van der Waals surface area contributed by atoms with Gasteiger partial charge in [-0.3, -0.25) is 4.79 Å². The van der Waals surface area contributed by atoms with Gasteiger partial charge in [0.25, 0.3) is 0 Å². The first-order valence-corrected chi connectivity index (χ1v) is 8.86. The van der Waals surface area contributed by atoms with E-state index in [2.05, 4.69) is 10.7 Å². The molecule has 0 heterocycles. The molecule has 0 aliphatic rings. The molecular formula is C14H21N3O6S. The number of rotatable bonds is 9. The Morgan fingerprint density at radius 2 is 1.79 bits per heavy atom. The van der Waals surface area contributed by atoms with E-state index in [4.69, 9.17) is 0 Å². The van der Waals surface area contributed by atoms with Gasteiger partial charge >= 0.3 is 5.97 Å². The molecule has 5 N–H and O–H groups in total. The SMILES string of the molecule is CCS(=O)(=O)NNC(C)C(=O)N[C@@H](Cc1ccc(O)cc1)C(=O)O. The van der Waals surface area contributed by atoms with Crippen molar-refractivity contribution in [3.8, 4) is 5.75 Å². The third-order valence-corrected chi connectivity index (χ3v) is 4.38. The first kappa shape index (κ1) is 19.9. The first-order valence-electron chi connectivity index (χ1n) is 7.20. The fraction of sp³-hybridized carbons (Fsp3) is 0.429. The Balaban J connectivity index is 2.65. The van der Waals surface area contributed by atoms with Crippen molar-refractivity contribution >= 4 is 21.9 Å². The zero-order valence-electron chi connectivity index (χ0n) is 13.3. The number of hydrogen-bond acceptors (Lipinski definition) is 6. The lowest BCUT2D eigenvalue weighted by atomic mass is 10.1. The molecule has 1 rings (SSSR count). The highest BCUT2D eigenvalue weighted by Gasteiger charge is 2.23. The Kier molecular flexibility index (Phi) is 7.14. The summed E-state index contributed by atoms with van der Waals surface area (Å²) in [5, 5.41) is 20.8. The van der Waals surface area contributed by atoms with Crippen molar-refractivity contribution in [2.45, 2.75) is 32.4 Å². The Morgan fingerprint density at radius 1 is 1.21 bits per heavy atom. The van der Waals surface area contributed by atoms with E-state index in [1.807, 2.05) is 4.83 Å². The molecule has 0 fully saturated rings. The van der Waals surface area contributed by atoms with Crippen LogP contribution in [0.15, 0.2) is 24.3 Å². The van der Waals surface area contributed by atoms with E-state index < -0.39 is 34.0 Å². The molecule has 0 saturated carbocycles. The maximum Gasteiger partial charge on any atom is 0.326 e. The van der Waals surface area contributed by atoms with Gasteiger partial charge in [-0.1, -0.05) is 12.1 Å². The molecule has 1 aromatic rings. The minimum absolute atomic E-state index is 0.0226. The Hall–Kier alpha value is -2.17. The lowest BCUT2D eigenvalue weighted by Crippen LogP contribution is -2.54. The van der Waals surface area contributed by atoms with Crippen molar-refractivity contribution in [2.24, 2.45) is 0 Å². The molecule has 9 nitrogen and oxygen atoms in total. The van der Waals surface area contributed by atoms with Gasteiger partial charge in [0.15, 0.2) is 0 Å². The topological polar surface area (TPSA) is 145 Å². The number of carbonyl (C=O) groups excluding carboxylic acids is 1. The lowest BCUT2D eigenvalue weighted by molar-refractivity contribution is -0.142. The number of benzene rings is 1. The van der Waals surface area contributed by atoms with E-state index in [0.29, 0.717) is 5.56 Å². The van der Waals surface area contributed by atoms with E-state index in [1.165, 1.54) is 26.0 Å². The monoisotopic (exact) mass is 359 g/mol. The van der Waals surface area contributed by atoms with Gasteiger partial charge in [0, 0.05) is 6.42 Å². The second-order valence-corrected chi connectivity index (χ2v) is 7.15. The van der Waals surface area contributed by atoms with Crippen LogP contribution in [0.3, 0.4) is 0 Å². The smallest absolute Gasteiger partial charge is 0.326 e. The molecule has 0 aliphatic carbocycles. The van der Waals surface area contributed by atoms with Gasteiger partial charge in [-0.15, -0.1) is 0 Å². The van der Waals surface area contributed by atoms with Crippen LogP contribution in [0.2, 0.25) is 0 Å². The zero-order valence-corrected chi connectivity index (χ0v) is 14.1. The Morgan fingerprint density at radius 3 is 2.29 bits per heavy atom. The molecule has 0 aliphatic heterocycles. The number of carbonyl (C=O) groups is 2. The number of amides is 1. The number of aromatic hydroxyl groups is 1. The highest BCUT2D eigenvalue weighted by Crippen LogP contribution is 2.11. The van der Waals surface area contributed by atoms with Crippen molar-refractivity contribution < 1.29 is 28.2 Å². The van der Waals surface area contributed by atoms with Crippen LogP contribution in [0, 0.1) is 0 Å². The number of hydrazine groups is 1. The van der Waals surface area contributed by atoms with Crippen molar-refractivity contribution in [3.05, 3.63) is 29.8 Å². The molecule has 134 valence electrons.